The molecule has 0 atom stereocenters. The van der Waals surface area contributed by atoms with Gasteiger partial charge in [-0.25, -0.2) is 4.39 Å². The lowest BCUT2D eigenvalue weighted by Gasteiger charge is -2.61. The van der Waals surface area contributed by atoms with Crippen molar-refractivity contribution < 1.29 is 36.3 Å². The summed E-state index contributed by atoms with van der Waals surface area (Å²) >= 11 is 0. The van der Waals surface area contributed by atoms with Crippen LogP contribution in [0.15, 0.2) is 52.9 Å². The summed E-state index contributed by atoms with van der Waals surface area (Å²) in [5, 5.41) is 6.10. The maximum atomic E-state index is 13.7. The van der Waals surface area contributed by atoms with E-state index >= 15 is 0 Å². The summed E-state index contributed by atoms with van der Waals surface area (Å²) in [7, 11) is 2.92. The fourth-order valence-electron chi connectivity index (χ4n) is 6.33. The van der Waals surface area contributed by atoms with Crippen LogP contribution in [0, 0.1) is 18.7 Å². The molecule has 2 amide bonds. The number of alkyl halides is 3. The molecular formula is C33H30F4N2O4. The van der Waals surface area contributed by atoms with Gasteiger partial charge in [-0.15, -0.1) is 0 Å². The van der Waals surface area contributed by atoms with Gasteiger partial charge in [-0.3, -0.25) is 9.59 Å². The normalized spacial score (nSPS) is 19.0. The quantitative estimate of drug-likeness (QED) is 0.209. The molecule has 0 saturated heterocycles. The van der Waals surface area contributed by atoms with Crippen molar-refractivity contribution in [2.75, 3.05) is 14.2 Å². The molecule has 224 valence electrons. The van der Waals surface area contributed by atoms with Crippen LogP contribution in [0.3, 0.4) is 0 Å². The highest BCUT2D eigenvalue weighted by Gasteiger charge is 2.57. The average Bonchev–Trinajstić information content (AvgIpc) is 3.30. The van der Waals surface area contributed by atoms with Crippen molar-refractivity contribution in [3.63, 3.8) is 0 Å². The van der Waals surface area contributed by atoms with E-state index in [4.69, 9.17) is 9.15 Å². The van der Waals surface area contributed by atoms with Gasteiger partial charge in [0.2, 0.25) is 0 Å². The van der Waals surface area contributed by atoms with E-state index in [-0.39, 0.29) is 40.3 Å². The van der Waals surface area contributed by atoms with Gasteiger partial charge in [-0.2, -0.15) is 13.2 Å². The molecule has 10 heteroatoms. The largest absolute Gasteiger partial charge is 0.496 e. The van der Waals surface area contributed by atoms with Crippen LogP contribution in [0.4, 0.5) is 17.6 Å². The van der Waals surface area contributed by atoms with Crippen LogP contribution >= 0.6 is 0 Å². The van der Waals surface area contributed by atoms with E-state index in [1.54, 1.807) is 25.1 Å². The molecule has 0 spiro atoms. The number of hydrogen-bond donors (Lipinski definition) is 2. The minimum atomic E-state index is -4.41. The van der Waals surface area contributed by atoms with Crippen molar-refractivity contribution in [3.8, 4) is 28.2 Å². The number of fused-ring (bicyclic) bond motifs is 1. The predicted molar refractivity (Wildman–Crippen MR) is 154 cm³/mol. The molecule has 1 aromatic heterocycles. The molecular weight excluding hydrogens is 564 g/mol. The first kappa shape index (κ1) is 28.8. The molecule has 3 fully saturated rings. The van der Waals surface area contributed by atoms with Crippen molar-refractivity contribution in [1.82, 2.24) is 10.6 Å². The Balaban J connectivity index is 1.54. The molecule has 0 radical (unpaired) electrons. The summed E-state index contributed by atoms with van der Waals surface area (Å²) in [6, 6.07) is 11.9. The monoisotopic (exact) mass is 594 g/mol. The van der Waals surface area contributed by atoms with E-state index in [0.29, 0.717) is 44.9 Å². The van der Waals surface area contributed by atoms with Gasteiger partial charge in [0.15, 0.2) is 0 Å². The van der Waals surface area contributed by atoms with Crippen molar-refractivity contribution in [1.29, 1.82) is 0 Å². The Hall–Kier alpha value is -4.34. The Morgan fingerprint density at radius 1 is 1.02 bits per heavy atom. The number of amides is 2. The summed E-state index contributed by atoms with van der Waals surface area (Å²) in [6.45, 7) is 1.79. The molecule has 3 aliphatic rings. The number of hydrogen-bond acceptors (Lipinski definition) is 4. The molecule has 1 heterocycles. The number of carbonyl (C=O) groups is 2. The fraction of sp³-hybridized carbons (Fsp3) is 0.333. The summed E-state index contributed by atoms with van der Waals surface area (Å²) in [4.78, 5) is 26.6. The van der Waals surface area contributed by atoms with Gasteiger partial charge in [0.25, 0.3) is 11.8 Å². The van der Waals surface area contributed by atoms with E-state index in [0.717, 1.165) is 19.3 Å². The zero-order valence-corrected chi connectivity index (χ0v) is 23.9. The minimum Gasteiger partial charge on any atom is -0.496 e. The number of ether oxygens (including phenoxy) is 1. The maximum Gasteiger partial charge on any atom is 0.389 e. The highest BCUT2D eigenvalue weighted by molar-refractivity contribution is 6.12. The van der Waals surface area contributed by atoms with E-state index in [1.165, 1.54) is 44.5 Å². The van der Waals surface area contributed by atoms with Crippen LogP contribution in [-0.2, 0) is 6.42 Å². The third-order valence-corrected chi connectivity index (χ3v) is 8.65. The number of methoxy groups -OCH3 is 1. The molecule has 2 bridgehead atoms. The van der Waals surface area contributed by atoms with Crippen LogP contribution in [0.2, 0.25) is 0 Å². The highest BCUT2D eigenvalue weighted by atomic mass is 19.4. The smallest absolute Gasteiger partial charge is 0.389 e. The van der Waals surface area contributed by atoms with Gasteiger partial charge in [-0.1, -0.05) is 0 Å². The second-order valence-electron chi connectivity index (χ2n) is 11.6. The van der Waals surface area contributed by atoms with E-state index < -0.39 is 24.3 Å². The maximum absolute atomic E-state index is 13.7. The van der Waals surface area contributed by atoms with Crippen LogP contribution in [0.5, 0.6) is 5.75 Å². The minimum absolute atomic E-state index is 0.165. The van der Waals surface area contributed by atoms with Gasteiger partial charge < -0.3 is 19.8 Å². The number of aryl methyl sites for hydroxylation is 2. The molecule has 3 aliphatic carbocycles. The van der Waals surface area contributed by atoms with E-state index in [1.807, 2.05) is 0 Å². The number of carbonyl (C=O) groups excluding carboxylic acids is 2. The average molecular weight is 595 g/mol. The number of nitrogens with one attached hydrogen (secondary N) is 2. The zero-order chi connectivity index (χ0) is 30.7. The molecule has 0 unspecified atom stereocenters. The number of rotatable bonds is 8. The number of benzene rings is 3. The number of halogens is 4. The summed E-state index contributed by atoms with van der Waals surface area (Å²) in [6.07, 6.45) is -3.02. The van der Waals surface area contributed by atoms with Crippen molar-refractivity contribution in [2.24, 2.45) is 5.92 Å². The standard InChI is InChI=1S/C33H30F4N2O4/c1-17-10-26(42-3)25(30(40)39-32-14-18(15-32)16-32)12-22(17)23-13-24-27(11-20(23)8-9-33(35,36)37)43-29(28(24)31(41)38-2)19-4-6-21(34)7-5-19/h4-7,10-13,18H,8-9,14-16H2,1-3H3,(H,38,41)(H,39,40). The lowest BCUT2D eigenvalue weighted by molar-refractivity contribution is -0.133. The van der Waals surface area contributed by atoms with Crippen LogP contribution in [0.25, 0.3) is 33.4 Å². The topological polar surface area (TPSA) is 80.6 Å². The Bertz CT molecular complexity index is 1740. The third kappa shape index (κ3) is 5.23. The molecule has 3 saturated carbocycles. The summed E-state index contributed by atoms with van der Waals surface area (Å²) in [5.41, 5.74) is 2.89. The first-order valence-corrected chi connectivity index (χ1v) is 14.1. The number of furan rings is 1. The summed E-state index contributed by atoms with van der Waals surface area (Å²) < 4.78 is 65.6. The molecule has 6 nitrogen and oxygen atoms in total. The van der Waals surface area contributed by atoms with Crippen LogP contribution in [-0.4, -0.2) is 37.7 Å². The van der Waals surface area contributed by atoms with Gasteiger partial charge in [-0.05, 0) is 109 Å². The molecule has 3 aromatic carbocycles. The van der Waals surface area contributed by atoms with E-state index in [9.17, 15) is 27.2 Å². The van der Waals surface area contributed by atoms with Crippen LogP contribution < -0.4 is 15.4 Å². The summed E-state index contributed by atoms with van der Waals surface area (Å²) in [5.74, 6) is -0.0706. The Morgan fingerprint density at radius 3 is 2.30 bits per heavy atom. The fourth-order valence-corrected chi connectivity index (χ4v) is 6.33. The Labute approximate surface area is 245 Å². The first-order chi connectivity index (χ1) is 20.4. The molecule has 43 heavy (non-hydrogen) atoms. The van der Waals surface area contributed by atoms with Gasteiger partial charge >= 0.3 is 6.18 Å². The predicted octanol–water partition coefficient (Wildman–Crippen LogP) is 7.36. The zero-order valence-electron chi connectivity index (χ0n) is 23.9. The van der Waals surface area contributed by atoms with Gasteiger partial charge in [0, 0.05) is 30.0 Å². The molecule has 2 N–H and O–H groups in total. The van der Waals surface area contributed by atoms with Crippen molar-refractivity contribution in [2.45, 2.75) is 50.7 Å². The molecule has 0 aliphatic heterocycles. The second-order valence-corrected chi connectivity index (χ2v) is 11.6. The van der Waals surface area contributed by atoms with Gasteiger partial charge in [0.1, 0.15) is 22.9 Å². The second kappa shape index (κ2) is 10.4. The Morgan fingerprint density at radius 2 is 1.72 bits per heavy atom. The molecule has 4 aromatic rings. The first-order valence-electron chi connectivity index (χ1n) is 14.1. The Kier molecular flexibility index (Phi) is 6.98. The molecule has 7 rings (SSSR count). The lowest BCUT2D eigenvalue weighted by atomic mass is 9.50. The van der Waals surface area contributed by atoms with E-state index in [2.05, 4.69) is 10.6 Å². The SMILES string of the molecule is CNC(=O)c1c(-c2ccc(F)cc2)oc2cc(CCC(F)(F)F)c(-c3cc(C(=O)NC45CC(C4)C5)c(OC)cc3C)cc12. The van der Waals surface area contributed by atoms with Crippen molar-refractivity contribution in [3.05, 3.63) is 76.6 Å². The van der Waals surface area contributed by atoms with Crippen molar-refractivity contribution >= 4 is 22.8 Å². The third-order valence-electron chi connectivity index (χ3n) is 8.65. The van der Waals surface area contributed by atoms with Crippen LogP contribution in [0.1, 0.15) is 57.5 Å². The lowest BCUT2D eigenvalue weighted by Crippen LogP contribution is -2.68. The van der Waals surface area contributed by atoms with Gasteiger partial charge in [0.05, 0.1) is 18.2 Å². The highest BCUT2D eigenvalue weighted by Crippen LogP contribution is 2.57.